The van der Waals surface area contributed by atoms with Crippen LogP contribution < -0.4 is 0 Å². The summed E-state index contributed by atoms with van der Waals surface area (Å²) in [4.78, 5) is 207. The Morgan fingerprint density at radius 1 is 0.226 bits per heavy atom. The Morgan fingerprint density at radius 3 is 0.679 bits per heavy atom. The van der Waals surface area contributed by atoms with Crippen molar-refractivity contribution in [3.63, 3.8) is 0 Å². The highest BCUT2D eigenvalue weighted by molar-refractivity contribution is 6.23. The van der Waals surface area contributed by atoms with Gasteiger partial charge < -0.3 is 64.7 Å². The van der Waals surface area contributed by atoms with Crippen LogP contribution >= 0.6 is 0 Å². The van der Waals surface area contributed by atoms with E-state index in [9.17, 15) is 86.3 Å². The van der Waals surface area contributed by atoms with Crippen molar-refractivity contribution in [1.29, 1.82) is 0 Å². The molecule has 0 spiro atoms. The number of hydrogen-bond donors (Lipinski definition) is 8. The summed E-state index contributed by atoms with van der Waals surface area (Å²) in [6.45, 7) is 3.01. The molecule has 6 aliphatic rings. The summed E-state index contributed by atoms with van der Waals surface area (Å²) in [6.07, 6.45) is 3.43. The first-order valence-corrected chi connectivity index (χ1v) is 41.7. The highest BCUT2D eigenvalue weighted by Gasteiger charge is 2.36. The Hall–Kier alpha value is -18.9. The van der Waals surface area contributed by atoms with E-state index in [0.717, 1.165) is 89.7 Å². The van der Waals surface area contributed by atoms with Crippen molar-refractivity contribution in [2.45, 2.75) is 44.4 Å². The van der Waals surface area contributed by atoms with Gasteiger partial charge in [0.1, 0.15) is 18.9 Å². The second-order valence-electron chi connectivity index (χ2n) is 32.0. The number of aromatic carboxylic acids is 8. The molecule has 137 heavy (non-hydrogen) atoms. The molecule has 0 saturated carbocycles. The van der Waals surface area contributed by atoms with Crippen LogP contribution in [0.5, 0.6) is 0 Å². The summed E-state index contributed by atoms with van der Waals surface area (Å²) in [5, 5.41) is 72.0. The zero-order valence-corrected chi connectivity index (χ0v) is 71.7. The van der Waals surface area contributed by atoms with E-state index < -0.39 is 89.4 Å². The smallest absolute Gasteiger partial charge is 0.346 e. The minimum Gasteiger partial charge on any atom is -0.478 e. The third-order valence-electron chi connectivity index (χ3n) is 23.8. The van der Waals surface area contributed by atoms with Gasteiger partial charge in [-0.1, -0.05) is 121 Å². The Balaban J connectivity index is 0.000000133. The number of Topliss-reactive ketones (excluding diaryl/α,β-unsaturated/α-hetero) is 2. The fourth-order valence-corrected chi connectivity index (χ4v) is 17.1. The van der Waals surface area contributed by atoms with Crippen LogP contribution in [0.4, 0.5) is 0 Å². The lowest BCUT2D eigenvalue weighted by molar-refractivity contribution is -0.109. The molecule has 676 valence electrons. The van der Waals surface area contributed by atoms with Crippen molar-refractivity contribution in [1.82, 2.24) is 0 Å². The standard InChI is InChI=1S/C24H16O5.C23H16O4.2C16H10O5.C15H8O5.C15H10O4.H2/c1-14(26)16-7-9-18-19-10-8-17(12-21(19)22(13-25)20(18)11-16)24(28)29-23(27)15-5-3-2-4-6-15;1-14(24)16-7-9-20-18(11-16)13-19-12-17(8-10-21(19)20)23(26)27-22(25)15-5-3-2-4-6-15;2*17-7-14-12-5-8(15(18)19)1-3-10(12)11-4-2-9(16(20)21)6-13(11)14;16-13-11-5-7(14(17)18)1-3-9(11)10-4-2-8(15(19)20)6-12(10)13;16-14(17)8-1-3-12-10(5-8)7-11-6-9(15(18)19)2-4-13(11)12;/h2-13,22H,1H3;2-12H,13H2,1H3;2*1-7,14H,(H,18,19)(H,20,21);1-6H,(H,17,18)(H,19,20);1-6H,7H2,(H,16,17)(H,18,19);1H. The van der Waals surface area contributed by atoms with Crippen LogP contribution in [0.3, 0.4) is 0 Å². The van der Waals surface area contributed by atoms with E-state index in [0.29, 0.717) is 97.7 Å². The van der Waals surface area contributed by atoms with Gasteiger partial charge in [-0.05, 0) is 307 Å². The van der Waals surface area contributed by atoms with E-state index in [4.69, 9.17) is 50.3 Å². The number of ketones is 3. The zero-order chi connectivity index (χ0) is 97.8. The molecule has 0 bridgehead atoms. The van der Waals surface area contributed by atoms with E-state index in [1.807, 2.05) is 30.3 Å². The molecule has 0 heterocycles. The Bertz CT molecular complexity index is 7240. The van der Waals surface area contributed by atoms with Crippen molar-refractivity contribution < 1.29 is 138 Å². The Morgan fingerprint density at radius 2 is 0.416 bits per heavy atom. The van der Waals surface area contributed by atoms with Gasteiger partial charge in [0.25, 0.3) is 0 Å². The maximum atomic E-state index is 12.5. The number of aldehydes is 3. The average Bonchev–Trinajstić information content (AvgIpc) is 1.60. The maximum Gasteiger partial charge on any atom is 0.346 e. The van der Waals surface area contributed by atoms with Crippen molar-refractivity contribution in [3.05, 3.63) is 424 Å². The molecule has 28 nitrogen and oxygen atoms in total. The number of carbonyl (C=O) groups is 18. The molecule has 14 aromatic rings. The van der Waals surface area contributed by atoms with Crippen LogP contribution in [-0.4, -0.2) is 149 Å². The van der Waals surface area contributed by atoms with E-state index in [2.05, 4.69) is 0 Å². The number of rotatable bonds is 17. The number of carboxylic acid groups (broad SMARTS) is 8. The van der Waals surface area contributed by atoms with E-state index in [1.165, 1.54) is 79.7 Å². The normalized spacial score (nSPS) is 12.4. The predicted molar refractivity (Wildman–Crippen MR) is 494 cm³/mol. The van der Waals surface area contributed by atoms with Gasteiger partial charge in [-0.3, -0.25) is 14.4 Å². The van der Waals surface area contributed by atoms with E-state index in [-0.39, 0.29) is 74.4 Å². The molecule has 0 radical (unpaired) electrons. The van der Waals surface area contributed by atoms with Crippen LogP contribution in [0.25, 0.3) is 66.8 Å². The van der Waals surface area contributed by atoms with Crippen molar-refractivity contribution in [2.75, 3.05) is 0 Å². The molecule has 0 aromatic heterocycles. The summed E-state index contributed by atoms with van der Waals surface area (Å²) in [6, 6.07) is 74.7. The van der Waals surface area contributed by atoms with Gasteiger partial charge >= 0.3 is 71.6 Å². The zero-order valence-electron chi connectivity index (χ0n) is 71.7. The first kappa shape index (κ1) is 92.8. The molecule has 0 aliphatic heterocycles. The molecular weight excluding hydrogens is 1760 g/mol. The first-order valence-electron chi connectivity index (χ1n) is 41.7. The third kappa shape index (κ3) is 18.8. The number of fused-ring (bicyclic) bond motifs is 18. The minimum absolute atomic E-state index is 0. The molecule has 0 fully saturated rings. The second kappa shape index (κ2) is 38.7. The van der Waals surface area contributed by atoms with Crippen LogP contribution in [0, 0.1) is 0 Å². The van der Waals surface area contributed by atoms with Crippen molar-refractivity contribution in [2.24, 2.45) is 0 Å². The number of carbonyl (C=O) groups excluding carboxylic acids is 10. The van der Waals surface area contributed by atoms with Crippen LogP contribution in [0.1, 0.15) is 250 Å². The lowest BCUT2D eigenvalue weighted by atomic mass is 9.96. The van der Waals surface area contributed by atoms with Crippen LogP contribution in [0.2, 0.25) is 0 Å². The van der Waals surface area contributed by atoms with Gasteiger partial charge in [0.05, 0.1) is 84.5 Å². The Labute approximate surface area is 776 Å². The largest absolute Gasteiger partial charge is 0.478 e. The summed E-state index contributed by atoms with van der Waals surface area (Å²) >= 11 is 0. The van der Waals surface area contributed by atoms with Crippen LogP contribution in [-0.2, 0) is 36.7 Å². The van der Waals surface area contributed by atoms with Gasteiger partial charge in [-0.2, -0.15) is 0 Å². The molecule has 6 aliphatic carbocycles. The SMILES string of the molecule is CC(=O)c1ccc2c(c1)C(C=O)c1cc(C(=O)OC(=O)c3ccccc3)ccc1-2.CC(=O)c1ccc2c(c1)Cc1cc(C(=O)OC(=O)c3ccccc3)ccc1-2.O=C(O)c1ccc2c(c1)C(=O)c1cc(C(=O)O)ccc1-2.O=C(O)c1ccc2c(c1)Cc1cc(C(=O)O)ccc1-2.O=CC1c2cc(C(=O)O)ccc2-c2ccc(C(=O)O)cc21.O=CC1c2cc(C(=O)O)ccc2-c2ccc(C(=O)O)cc21.[HH]. The molecule has 28 heteroatoms. The third-order valence-corrected chi connectivity index (χ3v) is 23.8. The van der Waals surface area contributed by atoms with Crippen molar-refractivity contribution in [3.8, 4) is 66.8 Å². The van der Waals surface area contributed by atoms with E-state index >= 15 is 0 Å². The van der Waals surface area contributed by atoms with Gasteiger partial charge in [-0.25, -0.2) is 57.5 Å². The number of benzene rings is 14. The first-order chi connectivity index (χ1) is 65.6. The highest BCUT2D eigenvalue weighted by atomic mass is 16.6. The molecule has 8 N–H and O–H groups in total. The highest BCUT2D eigenvalue weighted by Crippen LogP contribution is 2.49. The summed E-state index contributed by atoms with van der Waals surface area (Å²) in [7, 11) is 0. The van der Waals surface area contributed by atoms with Gasteiger partial charge in [0.15, 0.2) is 17.3 Å². The summed E-state index contributed by atoms with van der Waals surface area (Å²) in [5.74, 6) is -13.5. The molecule has 1 atom stereocenters. The summed E-state index contributed by atoms with van der Waals surface area (Å²) in [5.41, 5.74) is 21.6. The molecule has 14 aromatic carbocycles. The lowest BCUT2D eigenvalue weighted by Gasteiger charge is -2.08. The predicted octanol–water partition coefficient (Wildman–Crippen LogP) is 18.6. The van der Waals surface area contributed by atoms with Gasteiger partial charge in [0.2, 0.25) is 0 Å². The second-order valence-corrected chi connectivity index (χ2v) is 32.0. The fourth-order valence-electron chi connectivity index (χ4n) is 17.1. The minimum atomic E-state index is -1.11. The van der Waals surface area contributed by atoms with Gasteiger partial charge in [-0.15, -0.1) is 0 Å². The molecule has 0 saturated heterocycles. The molecular formula is C109H72O28. The quantitative estimate of drug-likeness (QED) is 0.0182. The summed E-state index contributed by atoms with van der Waals surface area (Å²) < 4.78 is 9.96. The number of esters is 4. The maximum absolute atomic E-state index is 12.5. The lowest BCUT2D eigenvalue weighted by Crippen LogP contribution is -2.13. The number of ether oxygens (including phenoxy) is 2. The van der Waals surface area contributed by atoms with Gasteiger partial charge in [0, 0.05) is 23.7 Å². The number of hydrogen-bond acceptors (Lipinski definition) is 20. The Kier molecular flexibility index (Phi) is 26.2. The molecule has 1 unspecified atom stereocenters. The monoisotopic (exact) mass is 1830 g/mol. The molecule has 0 amide bonds. The van der Waals surface area contributed by atoms with Crippen molar-refractivity contribution >= 4 is 108 Å². The molecule has 20 rings (SSSR count). The van der Waals surface area contributed by atoms with Crippen LogP contribution in [0.15, 0.2) is 279 Å². The fraction of sp³-hybridized carbons (Fsp3) is 0.0642. The average molecular weight is 1830 g/mol. The topological polar surface area (TPSA) is 488 Å². The number of carboxylic acids is 8. The van der Waals surface area contributed by atoms with E-state index in [1.54, 1.807) is 183 Å².